The van der Waals surface area contributed by atoms with Gasteiger partial charge in [-0.05, 0) is 25.8 Å². The van der Waals surface area contributed by atoms with Gasteiger partial charge >= 0.3 is 0 Å². The molecule has 0 bridgehead atoms. The van der Waals surface area contributed by atoms with Crippen LogP contribution in [0.5, 0.6) is 0 Å². The van der Waals surface area contributed by atoms with Crippen LogP contribution in [0.1, 0.15) is 32.7 Å². The van der Waals surface area contributed by atoms with Crippen LogP contribution in [-0.2, 0) is 9.53 Å². The number of fused-ring (bicyclic) bond motifs is 1. The van der Waals surface area contributed by atoms with Crippen molar-refractivity contribution in [1.29, 1.82) is 0 Å². The van der Waals surface area contributed by atoms with E-state index in [0.29, 0.717) is 26.2 Å². The third-order valence-corrected chi connectivity index (χ3v) is 3.46. The number of rotatable bonds is 8. The summed E-state index contributed by atoms with van der Waals surface area (Å²) in [6.45, 7) is 5.99. The number of para-hydroxylation sites is 1. The second-order valence-corrected chi connectivity index (χ2v) is 4.91. The number of hydrogen-bond acceptors (Lipinski definition) is 3. The van der Waals surface area contributed by atoms with Crippen LogP contribution in [0.2, 0.25) is 0 Å². The van der Waals surface area contributed by atoms with E-state index in [4.69, 9.17) is 4.74 Å². The Morgan fingerprint density at radius 1 is 1.38 bits per heavy atom. The first-order chi connectivity index (χ1) is 10.3. The number of carbonyl (C=O) groups excluding carboxylic acids is 1. The number of aromatic nitrogens is 2. The molecule has 0 aliphatic carbocycles. The van der Waals surface area contributed by atoms with Crippen molar-refractivity contribution >= 4 is 16.8 Å². The smallest absolute Gasteiger partial charge is 0.244 e. The lowest BCUT2D eigenvalue weighted by Crippen LogP contribution is -2.33. The van der Waals surface area contributed by atoms with Crippen molar-refractivity contribution in [2.75, 3.05) is 19.8 Å². The van der Waals surface area contributed by atoms with Crippen LogP contribution in [-0.4, -0.2) is 35.4 Å². The van der Waals surface area contributed by atoms with Gasteiger partial charge in [0, 0.05) is 25.1 Å². The average Bonchev–Trinajstić information content (AvgIpc) is 2.92. The Hall–Kier alpha value is -1.88. The van der Waals surface area contributed by atoms with Crippen LogP contribution < -0.4 is 5.32 Å². The Bertz CT molecular complexity index is 580. The Morgan fingerprint density at radius 3 is 2.95 bits per heavy atom. The first-order valence-electron chi connectivity index (χ1n) is 7.55. The van der Waals surface area contributed by atoms with Crippen molar-refractivity contribution in [3.63, 3.8) is 0 Å². The van der Waals surface area contributed by atoms with Crippen LogP contribution in [0.25, 0.3) is 10.9 Å². The molecule has 1 N–H and O–H groups in total. The fourth-order valence-corrected chi connectivity index (χ4v) is 2.36. The fraction of sp³-hybridized carbons (Fsp3) is 0.500. The van der Waals surface area contributed by atoms with E-state index in [9.17, 15) is 4.79 Å². The number of hydrogen-bond donors (Lipinski definition) is 1. The molecule has 1 unspecified atom stereocenters. The Morgan fingerprint density at radius 2 is 2.19 bits per heavy atom. The molecule has 0 saturated heterocycles. The summed E-state index contributed by atoms with van der Waals surface area (Å²) in [5.41, 5.74) is 0.994. The number of ether oxygens (including phenoxy) is 1. The molecule has 0 saturated carbocycles. The molecule has 114 valence electrons. The van der Waals surface area contributed by atoms with E-state index >= 15 is 0 Å². The predicted octanol–water partition coefficient (Wildman–Crippen LogP) is 2.53. The quantitative estimate of drug-likeness (QED) is 0.760. The van der Waals surface area contributed by atoms with Crippen LogP contribution >= 0.6 is 0 Å². The van der Waals surface area contributed by atoms with Crippen molar-refractivity contribution in [3.8, 4) is 0 Å². The van der Waals surface area contributed by atoms with Gasteiger partial charge in [0.15, 0.2) is 0 Å². The zero-order valence-corrected chi connectivity index (χ0v) is 12.7. The fourth-order valence-electron chi connectivity index (χ4n) is 2.36. The minimum absolute atomic E-state index is 0.0165. The zero-order valence-electron chi connectivity index (χ0n) is 12.7. The molecule has 1 amide bonds. The number of amides is 1. The van der Waals surface area contributed by atoms with Gasteiger partial charge in [0.05, 0.1) is 11.7 Å². The van der Waals surface area contributed by atoms with E-state index in [2.05, 4.69) is 10.4 Å². The van der Waals surface area contributed by atoms with Crippen molar-refractivity contribution in [2.45, 2.75) is 32.7 Å². The number of nitrogens with one attached hydrogen (secondary N) is 1. The van der Waals surface area contributed by atoms with Crippen molar-refractivity contribution in [3.05, 3.63) is 30.5 Å². The summed E-state index contributed by atoms with van der Waals surface area (Å²) in [6, 6.07) is 7.67. The third kappa shape index (κ3) is 3.82. The molecule has 1 aromatic heterocycles. The second kappa shape index (κ2) is 7.78. The van der Waals surface area contributed by atoms with E-state index in [1.807, 2.05) is 42.8 Å². The van der Waals surface area contributed by atoms with E-state index in [1.54, 1.807) is 6.20 Å². The van der Waals surface area contributed by atoms with Gasteiger partial charge in [0.25, 0.3) is 0 Å². The molecule has 1 aromatic carbocycles. The van der Waals surface area contributed by atoms with Gasteiger partial charge in [0.2, 0.25) is 5.91 Å². The summed E-state index contributed by atoms with van der Waals surface area (Å²) >= 11 is 0. The van der Waals surface area contributed by atoms with Crippen LogP contribution in [0.15, 0.2) is 30.5 Å². The number of benzene rings is 1. The van der Waals surface area contributed by atoms with Crippen molar-refractivity contribution in [1.82, 2.24) is 15.1 Å². The summed E-state index contributed by atoms with van der Waals surface area (Å²) in [7, 11) is 0. The van der Waals surface area contributed by atoms with E-state index in [0.717, 1.165) is 17.3 Å². The minimum atomic E-state index is -0.267. The zero-order chi connectivity index (χ0) is 15.1. The van der Waals surface area contributed by atoms with Gasteiger partial charge in [-0.1, -0.05) is 25.1 Å². The van der Waals surface area contributed by atoms with Crippen LogP contribution in [0.3, 0.4) is 0 Å². The summed E-state index contributed by atoms with van der Waals surface area (Å²) in [5.74, 6) is 0.0165. The molecule has 21 heavy (non-hydrogen) atoms. The van der Waals surface area contributed by atoms with Crippen LogP contribution in [0.4, 0.5) is 0 Å². The molecule has 5 heteroatoms. The third-order valence-electron chi connectivity index (χ3n) is 3.46. The Kier molecular flexibility index (Phi) is 5.75. The monoisotopic (exact) mass is 289 g/mol. The lowest BCUT2D eigenvalue weighted by Gasteiger charge is -2.16. The maximum atomic E-state index is 12.3. The predicted molar refractivity (Wildman–Crippen MR) is 83.2 cm³/mol. The molecule has 1 atom stereocenters. The lowest BCUT2D eigenvalue weighted by atomic mass is 10.2. The molecule has 2 rings (SSSR count). The standard InChI is InChI=1S/C16H23N3O2/c1-3-14(16(20)17-10-7-11-21-4-2)19-15-9-6-5-8-13(15)12-18-19/h5-6,8-9,12,14H,3-4,7,10-11H2,1-2H3,(H,17,20). The highest BCUT2D eigenvalue weighted by Gasteiger charge is 2.20. The molecule has 1 heterocycles. The lowest BCUT2D eigenvalue weighted by molar-refractivity contribution is -0.124. The highest BCUT2D eigenvalue weighted by atomic mass is 16.5. The van der Waals surface area contributed by atoms with E-state index in [-0.39, 0.29) is 11.9 Å². The summed E-state index contributed by atoms with van der Waals surface area (Å²) in [6.07, 6.45) is 3.35. The first kappa shape index (κ1) is 15.5. The highest BCUT2D eigenvalue weighted by Crippen LogP contribution is 2.19. The van der Waals surface area contributed by atoms with Gasteiger partial charge in [-0.2, -0.15) is 5.10 Å². The number of carbonyl (C=O) groups is 1. The van der Waals surface area contributed by atoms with Gasteiger partial charge in [0.1, 0.15) is 6.04 Å². The molecular formula is C16H23N3O2. The average molecular weight is 289 g/mol. The molecule has 0 fully saturated rings. The molecule has 0 spiro atoms. The molecule has 2 aromatic rings. The maximum absolute atomic E-state index is 12.3. The van der Waals surface area contributed by atoms with Gasteiger partial charge in [-0.3, -0.25) is 9.48 Å². The highest BCUT2D eigenvalue weighted by molar-refractivity contribution is 5.84. The molecule has 5 nitrogen and oxygen atoms in total. The van der Waals surface area contributed by atoms with E-state index < -0.39 is 0 Å². The minimum Gasteiger partial charge on any atom is -0.382 e. The van der Waals surface area contributed by atoms with Crippen LogP contribution in [0, 0.1) is 0 Å². The van der Waals surface area contributed by atoms with Crippen molar-refractivity contribution < 1.29 is 9.53 Å². The molecule has 0 aliphatic heterocycles. The summed E-state index contributed by atoms with van der Waals surface area (Å²) in [4.78, 5) is 12.3. The van der Waals surface area contributed by atoms with E-state index in [1.165, 1.54) is 0 Å². The first-order valence-corrected chi connectivity index (χ1v) is 7.55. The van der Waals surface area contributed by atoms with Gasteiger partial charge in [-0.25, -0.2) is 0 Å². The largest absolute Gasteiger partial charge is 0.382 e. The summed E-state index contributed by atoms with van der Waals surface area (Å²) in [5, 5.41) is 8.40. The normalized spacial score (nSPS) is 12.5. The second-order valence-electron chi connectivity index (χ2n) is 4.91. The molecule has 0 radical (unpaired) electrons. The summed E-state index contributed by atoms with van der Waals surface area (Å²) < 4.78 is 7.08. The topological polar surface area (TPSA) is 56.1 Å². The Balaban J connectivity index is 2.00. The van der Waals surface area contributed by atoms with Gasteiger partial charge in [-0.15, -0.1) is 0 Å². The molecular weight excluding hydrogens is 266 g/mol. The molecule has 0 aliphatic rings. The maximum Gasteiger partial charge on any atom is 0.244 e. The SMILES string of the molecule is CCOCCCNC(=O)C(CC)n1ncc2ccccc21. The Labute approximate surface area is 125 Å². The van der Waals surface area contributed by atoms with Crippen molar-refractivity contribution in [2.24, 2.45) is 0 Å². The number of nitrogens with zero attached hydrogens (tertiary/aromatic N) is 2. The van der Waals surface area contributed by atoms with Gasteiger partial charge < -0.3 is 10.1 Å².